The van der Waals surface area contributed by atoms with Gasteiger partial charge in [0.15, 0.2) is 6.29 Å². The Labute approximate surface area is 97.1 Å². The van der Waals surface area contributed by atoms with Crippen LogP contribution < -0.4 is 5.73 Å². The van der Waals surface area contributed by atoms with Gasteiger partial charge in [0.1, 0.15) is 0 Å². The molecule has 1 atom stereocenters. The zero-order valence-corrected chi connectivity index (χ0v) is 9.82. The van der Waals surface area contributed by atoms with Crippen LogP contribution >= 0.6 is 0 Å². The van der Waals surface area contributed by atoms with Crippen LogP contribution in [0.5, 0.6) is 0 Å². The molecule has 2 aliphatic rings. The maximum absolute atomic E-state index is 11.8. The van der Waals surface area contributed by atoms with Crippen molar-refractivity contribution in [3.8, 4) is 0 Å². The fourth-order valence-corrected chi connectivity index (χ4v) is 2.51. The monoisotopic (exact) mass is 223 g/mol. The number of rotatable bonds is 2. The number of carbonyl (C=O) groups excluding carboxylic acids is 1. The molecule has 90 valence electrons. The maximum Gasteiger partial charge on any atom is 0.225 e. The second kappa shape index (κ2) is 4.87. The van der Waals surface area contributed by atoms with Crippen LogP contribution in [0.1, 0.15) is 38.5 Å². The number of piperidine rings is 2. The molecule has 0 spiro atoms. The SMILES string of the molecule is C=C1CCCCN1C(N)N1CCCCC1=O. The summed E-state index contributed by atoms with van der Waals surface area (Å²) in [5.41, 5.74) is 7.25. The standard InChI is InChI=1S/C12H21N3O/c1-10-6-2-4-8-14(10)12(13)15-9-5-3-7-11(15)16/h12H,1-9,13H2. The first-order chi connectivity index (χ1) is 7.70. The van der Waals surface area contributed by atoms with Crippen molar-refractivity contribution in [2.45, 2.75) is 44.8 Å². The molecule has 1 amide bonds. The summed E-state index contributed by atoms with van der Waals surface area (Å²) in [4.78, 5) is 15.7. The first-order valence-electron chi connectivity index (χ1n) is 6.19. The van der Waals surface area contributed by atoms with Crippen molar-refractivity contribution in [1.82, 2.24) is 9.80 Å². The molecule has 1 unspecified atom stereocenters. The van der Waals surface area contributed by atoms with Gasteiger partial charge in [-0.3, -0.25) is 10.5 Å². The summed E-state index contributed by atoms with van der Waals surface area (Å²) in [5, 5.41) is 0. The molecule has 16 heavy (non-hydrogen) atoms. The summed E-state index contributed by atoms with van der Waals surface area (Å²) < 4.78 is 0. The fraction of sp³-hybridized carbons (Fsp3) is 0.750. The van der Waals surface area contributed by atoms with E-state index in [2.05, 4.69) is 11.5 Å². The molecule has 0 radical (unpaired) electrons. The first kappa shape index (κ1) is 11.5. The minimum Gasteiger partial charge on any atom is -0.343 e. The van der Waals surface area contributed by atoms with Crippen molar-refractivity contribution in [3.63, 3.8) is 0 Å². The molecule has 0 bridgehead atoms. The molecule has 4 heteroatoms. The van der Waals surface area contributed by atoms with Crippen molar-refractivity contribution >= 4 is 5.91 Å². The van der Waals surface area contributed by atoms with Crippen LogP contribution in [0.15, 0.2) is 12.3 Å². The van der Waals surface area contributed by atoms with E-state index in [0.717, 1.165) is 44.5 Å². The Morgan fingerprint density at radius 1 is 1.06 bits per heavy atom. The number of likely N-dealkylation sites (tertiary alicyclic amines) is 2. The van der Waals surface area contributed by atoms with E-state index in [9.17, 15) is 4.79 Å². The summed E-state index contributed by atoms with van der Waals surface area (Å²) in [7, 11) is 0. The molecule has 0 aromatic carbocycles. The number of amides is 1. The van der Waals surface area contributed by atoms with Crippen LogP contribution in [0.25, 0.3) is 0 Å². The van der Waals surface area contributed by atoms with Gasteiger partial charge < -0.3 is 9.80 Å². The molecule has 0 aliphatic carbocycles. The minimum absolute atomic E-state index is 0.192. The largest absolute Gasteiger partial charge is 0.343 e. The lowest BCUT2D eigenvalue weighted by molar-refractivity contribution is -0.139. The summed E-state index contributed by atoms with van der Waals surface area (Å²) in [6, 6.07) is 0. The molecule has 0 saturated carbocycles. The van der Waals surface area contributed by atoms with E-state index in [1.165, 1.54) is 6.42 Å². The van der Waals surface area contributed by atoms with Gasteiger partial charge in [0, 0.05) is 25.2 Å². The molecular weight excluding hydrogens is 202 g/mol. The highest BCUT2D eigenvalue weighted by Crippen LogP contribution is 2.23. The number of allylic oxidation sites excluding steroid dienone is 1. The second-order valence-electron chi connectivity index (χ2n) is 4.67. The zero-order chi connectivity index (χ0) is 11.5. The topological polar surface area (TPSA) is 49.6 Å². The van der Waals surface area contributed by atoms with Crippen molar-refractivity contribution in [2.75, 3.05) is 13.1 Å². The summed E-state index contributed by atoms with van der Waals surface area (Å²) in [6.07, 6.45) is 5.78. The van der Waals surface area contributed by atoms with E-state index in [1.807, 2.05) is 0 Å². The van der Waals surface area contributed by atoms with Gasteiger partial charge in [0.25, 0.3) is 0 Å². The van der Waals surface area contributed by atoms with E-state index >= 15 is 0 Å². The molecule has 2 fully saturated rings. The molecule has 0 aromatic rings. The van der Waals surface area contributed by atoms with Crippen molar-refractivity contribution in [3.05, 3.63) is 12.3 Å². The van der Waals surface area contributed by atoms with Crippen LogP contribution in [0.4, 0.5) is 0 Å². The predicted octanol–water partition coefficient (Wildman–Crippen LogP) is 1.24. The number of hydrogen-bond donors (Lipinski definition) is 1. The molecule has 0 aromatic heterocycles. The number of nitrogens with zero attached hydrogens (tertiary/aromatic N) is 2. The third kappa shape index (κ3) is 2.21. The molecule has 2 rings (SSSR count). The molecule has 2 heterocycles. The van der Waals surface area contributed by atoms with Gasteiger partial charge in [-0.1, -0.05) is 6.58 Å². The first-order valence-corrected chi connectivity index (χ1v) is 6.19. The predicted molar refractivity (Wildman–Crippen MR) is 63.2 cm³/mol. The number of nitrogens with two attached hydrogens (primary N) is 1. The fourth-order valence-electron chi connectivity index (χ4n) is 2.51. The highest BCUT2D eigenvalue weighted by molar-refractivity contribution is 5.77. The maximum atomic E-state index is 11.8. The van der Waals surface area contributed by atoms with Crippen molar-refractivity contribution < 1.29 is 4.79 Å². The Bertz CT molecular complexity index is 262. The van der Waals surface area contributed by atoms with E-state index < -0.39 is 0 Å². The quantitative estimate of drug-likeness (QED) is 0.766. The van der Waals surface area contributed by atoms with E-state index in [-0.39, 0.29) is 12.2 Å². The lowest BCUT2D eigenvalue weighted by atomic mass is 10.1. The molecule has 2 saturated heterocycles. The average molecular weight is 223 g/mol. The minimum atomic E-state index is -0.291. The van der Waals surface area contributed by atoms with Gasteiger partial charge in [0.05, 0.1) is 0 Å². The molecule has 2 N–H and O–H groups in total. The smallest absolute Gasteiger partial charge is 0.225 e. The van der Waals surface area contributed by atoms with Gasteiger partial charge in [-0.15, -0.1) is 0 Å². The van der Waals surface area contributed by atoms with E-state index in [0.29, 0.717) is 6.42 Å². The van der Waals surface area contributed by atoms with Crippen LogP contribution in [0.2, 0.25) is 0 Å². The zero-order valence-electron chi connectivity index (χ0n) is 9.82. The van der Waals surface area contributed by atoms with Crippen molar-refractivity contribution in [2.24, 2.45) is 5.73 Å². The Hall–Kier alpha value is -1.03. The third-order valence-electron chi connectivity index (χ3n) is 3.52. The van der Waals surface area contributed by atoms with Crippen LogP contribution in [0.3, 0.4) is 0 Å². The van der Waals surface area contributed by atoms with Gasteiger partial charge in [-0.05, 0) is 32.1 Å². The Morgan fingerprint density at radius 3 is 2.31 bits per heavy atom. The van der Waals surface area contributed by atoms with Crippen molar-refractivity contribution in [1.29, 1.82) is 0 Å². The third-order valence-corrected chi connectivity index (χ3v) is 3.52. The van der Waals surface area contributed by atoms with Crippen LogP contribution in [-0.4, -0.2) is 35.1 Å². The Balaban J connectivity index is 2.01. The average Bonchev–Trinajstić information content (AvgIpc) is 2.29. The normalized spacial score (nSPS) is 24.8. The highest BCUT2D eigenvalue weighted by Gasteiger charge is 2.29. The number of hydrogen-bond acceptors (Lipinski definition) is 3. The lowest BCUT2D eigenvalue weighted by Gasteiger charge is -2.42. The summed E-state index contributed by atoms with van der Waals surface area (Å²) in [5.74, 6) is 0.192. The van der Waals surface area contributed by atoms with Gasteiger partial charge in [-0.25, -0.2) is 0 Å². The highest BCUT2D eigenvalue weighted by atomic mass is 16.2. The van der Waals surface area contributed by atoms with E-state index in [4.69, 9.17) is 5.73 Å². The molecule has 2 aliphatic heterocycles. The molecule has 4 nitrogen and oxygen atoms in total. The van der Waals surface area contributed by atoms with Gasteiger partial charge in [-0.2, -0.15) is 0 Å². The Kier molecular flexibility index (Phi) is 3.49. The van der Waals surface area contributed by atoms with E-state index in [1.54, 1.807) is 4.90 Å². The Morgan fingerprint density at radius 2 is 1.69 bits per heavy atom. The second-order valence-corrected chi connectivity index (χ2v) is 4.67. The number of carbonyl (C=O) groups is 1. The van der Waals surface area contributed by atoms with Crippen LogP contribution in [-0.2, 0) is 4.79 Å². The van der Waals surface area contributed by atoms with Crippen LogP contribution in [0, 0.1) is 0 Å². The summed E-state index contributed by atoms with van der Waals surface area (Å²) >= 11 is 0. The lowest BCUT2D eigenvalue weighted by Crippen LogP contribution is -2.57. The van der Waals surface area contributed by atoms with Gasteiger partial charge >= 0.3 is 0 Å². The summed E-state index contributed by atoms with van der Waals surface area (Å²) in [6.45, 7) is 5.77. The van der Waals surface area contributed by atoms with Gasteiger partial charge in [0.2, 0.25) is 5.91 Å². The molecular formula is C12H21N3O.